The van der Waals surface area contributed by atoms with Crippen LogP contribution in [0.25, 0.3) is 0 Å². The third kappa shape index (κ3) is 16.3. The normalized spacial score (nSPS) is 12.3. The number of hydrogen-bond acceptors (Lipinski definition) is 11. The maximum atomic E-state index is 12.5. The van der Waals surface area contributed by atoms with Crippen molar-refractivity contribution in [3.8, 4) is 0 Å². The number of carboxylic acids is 1. The van der Waals surface area contributed by atoms with E-state index >= 15 is 0 Å². The molecule has 0 fully saturated rings. The topological polar surface area (TPSA) is 367 Å². The molecule has 21 nitrogen and oxygen atoms in total. The molecule has 0 saturated heterocycles. The van der Waals surface area contributed by atoms with Crippen LogP contribution in [-0.2, 0) is 47.9 Å². The number of amides is 9. The number of aliphatic carboxylic acids is 1. The molecule has 0 aromatic carbocycles. The fourth-order valence-electron chi connectivity index (χ4n) is 2.77. The van der Waals surface area contributed by atoms with Crippen molar-refractivity contribution in [3.05, 3.63) is 0 Å². The first-order valence-corrected chi connectivity index (χ1v) is 11.5. The van der Waals surface area contributed by atoms with E-state index in [1.807, 2.05) is 5.32 Å². The molecule has 0 radical (unpaired) electrons. The Hall–Kier alpha value is -5.34. The minimum Gasteiger partial charge on any atom is -0.480 e. The number of nitrogens with one attached hydrogen (secondary N) is 6. The molecule has 0 heterocycles. The Morgan fingerprint density at radius 1 is 0.512 bits per heavy atom. The second-order valence-corrected chi connectivity index (χ2v) is 8.13. The monoisotopic (exact) mass is 588 g/mol. The van der Waals surface area contributed by atoms with Gasteiger partial charge >= 0.3 is 5.97 Å². The van der Waals surface area contributed by atoms with Crippen LogP contribution in [0.5, 0.6) is 0 Å². The van der Waals surface area contributed by atoms with Crippen LogP contribution in [0.3, 0.4) is 0 Å². The van der Waals surface area contributed by atoms with Crippen molar-refractivity contribution in [3.63, 3.8) is 0 Å². The molecule has 0 rings (SSSR count). The van der Waals surface area contributed by atoms with Crippen LogP contribution >= 0.6 is 0 Å². The Balaban J connectivity index is 4.85. The highest BCUT2D eigenvalue weighted by molar-refractivity contribution is 5.97. The van der Waals surface area contributed by atoms with Gasteiger partial charge < -0.3 is 59.9 Å². The van der Waals surface area contributed by atoms with Crippen molar-refractivity contribution in [2.75, 3.05) is 26.2 Å². The molecular weight excluding hydrogens is 556 g/mol. The molecule has 9 amide bonds. The fourth-order valence-corrected chi connectivity index (χ4v) is 2.77. The summed E-state index contributed by atoms with van der Waals surface area (Å²) in [5, 5.41) is 21.4. The summed E-state index contributed by atoms with van der Waals surface area (Å²) < 4.78 is 0. The average molecular weight is 589 g/mol. The van der Waals surface area contributed by atoms with Gasteiger partial charge in [-0.25, -0.2) is 4.79 Å². The summed E-state index contributed by atoms with van der Waals surface area (Å²) >= 11 is 0. The first kappa shape index (κ1) is 35.7. The van der Waals surface area contributed by atoms with E-state index in [9.17, 15) is 47.9 Å². The summed E-state index contributed by atoms with van der Waals surface area (Å²) in [6.07, 6.45) is -2.08. The quantitative estimate of drug-likeness (QED) is 0.0670. The molecule has 3 atom stereocenters. The van der Waals surface area contributed by atoms with Crippen LogP contribution < -0.4 is 54.8 Å². The number of carbonyl (C=O) groups excluding carboxylic acids is 9. The second kappa shape index (κ2) is 18.0. The standard InChI is InChI=1S/C20H32N10O11/c21-4-14(34)28-9(2-12(23)32)19(39)30-8(1-11(22)31)18(38)27-6-16(36)25-5-15(35)26-7-17(37)29-10(20(40)41)3-13(24)33/h8-10H,1-7,21H2,(H2,22,31)(H2,23,32)(H2,24,33)(H,25,36)(H,26,35)(H,27,38)(H,28,34)(H,29,37)(H,30,39)(H,40,41)/t8-,9-,10-/m0/s1. The molecular formula is C20H32N10O11. The minimum atomic E-state index is -1.64. The van der Waals surface area contributed by atoms with Crippen LogP contribution in [0.4, 0.5) is 0 Å². The van der Waals surface area contributed by atoms with Gasteiger partial charge in [-0.15, -0.1) is 0 Å². The number of carboxylic acid groups (broad SMARTS) is 1. The molecule has 0 spiro atoms. The number of hydrogen-bond donors (Lipinski definition) is 11. The summed E-state index contributed by atoms with van der Waals surface area (Å²) in [4.78, 5) is 116. The largest absolute Gasteiger partial charge is 0.480 e. The summed E-state index contributed by atoms with van der Waals surface area (Å²) in [6.45, 7) is -2.66. The van der Waals surface area contributed by atoms with Crippen molar-refractivity contribution < 1.29 is 53.1 Å². The highest BCUT2D eigenvalue weighted by atomic mass is 16.4. The smallest absolute Gasteiger partial charge is 0.326 e. The highest BCUT2D eigenvalue weighted by Gasteiger charge is 2.29. The Bertz CT molecular complexity index is 1060. The Morgan fingerprint density at radius 3 is 1.34 bits per heavy atom. The van der Waals surface area contributed by atoms with Gasteiger partial charge in [-0.05, 0) is 0 Å². The van der Waals surface area contributed by atoms with Gasteiger partial charge in [0, 0.05) is 0 Å². The number of primary amides is 3. The van der Waals surface area contributed by atoms with Crippen LogP contribution in [0.15, 0.2) is 0 Å². The second-order valence-electron chi connectivity index (χ2n) is 8.13. The van der Waals surface area contributed by atoms with Crippen LogP contribution in [0, 0.1) is 0 Å². The molecule has 0 aliphatic heterocycles. The van der Waals surface area contributed by atoms with Crippen LogP contribution in [-0.4, -0.2) is 109 Å². The summed E-state index contributed by atoms with van der Waals surface area (Å²) in [7, 11) is 0. The van der Waals surface area contributed by atoms with Gasteiger partial charge in [0.05, 0.1) is 45.4 Å². The Labute approximate surface area is 231 Å². The van der Waals surface area contributed by atoms with Crippen LogP contribution in [0.2, 0.25) is 0 Å². The van der Waals surface area contributed by atoms with Gasteiger partial charge in [-0.3, -0.25) is 43.2 Å². The average Bonchev–Trinajstić information content (AvgIpc) is 2.86. The lowest BCUT2D eigenvalue weighted by Crippen LogP contribution is -2.56. The minimum absolute atomic E-state index is 0.532. The predicted molar refractivity (Wildman–Crippen MR) is 133 cm³/mol. The van der Waals surface area contributed by atoms with E-state index in [0.29, 0.717) is 0 Å². The van der Waals surface area contributed by atoms with Gasteiger partial charge in [0.25, 0.3) is 0 Å². The lowest BCUT2D eigenvalue weighted by molar-refractivity contribution is -0.143. The first-order valence-electron chi connectivity index (χ1n) is 11.5. The van der Waals surface area contributed by atoms with Gasteiger partial charge in [0.15, 0.2) is 0 Å². The highest BCUT2D eigenvalue weighted by Crippen LogP contribution is 1.98. The molecule has 21 heteroatoms. The summed E-state index contributed by atoms with van der Waals surface area (Å²) in [5.74, 6) is -10.3. The summed E-state index contributed by atoms with van der Waals surface area (Å²) in [6, 6.07) is -4.78. The molecule has 41 heavy (non-hydrogen) atoms. The zero-order valence-electron chi connectivity index (χ0n) is 21.5. The van der Waals surface area contributed by atoms with Crippen molar-refractivity contribution in [1.82, 2.24) is 31.9 Å². The lowest BCUT2D eigenvalue weighted by Gasteiger charge is -2.21. The molecule has 0 bridgehead atoms. The number of carbonyl (C=O) groups is 10. The number of rotatable bonds is 19. The van der Waals surface area contributed by atoms with Crippen molar-refractivity contribution in [1.29, 1.82) is 0 Å². The zero-order chi connectivity index (χ0) is 31.7. The van der Waals surface area contributed by atoms with Gasteiger partial charge in [-0.1, -0.05) is 0 Å². The van der Waals surface area contributed by atoms with Crippen LogP contribution in [0.1, 0.15) is 19.3 Å². The van der Waals surface area contributed by atoms with Gasteiger partial charge in [-0.2, -0.15) is 0 Å². The van der Waals surface area contributed by atoms with Gasteiger partial charge in [0.2, 0.25) is 53.2 Å². The lowest BCUT2D eigenvalue weighted by atomic mass is 10.1. The third-order valence-corrected chi connectivity index (χ3v) is 4.63. The zero-order valence-corrected chi connectivity index (χ0v) is 21.5. The molecule has 0 aromatic rings. The van der Waals surface area contributed by atoms with Gasteiger partial charge in [0.1, 0.15) is 18.1 Å². The van der Waals surface area contributed by atoms with E-state index in [0.717, 1.165) is 0 Å². The maximum Gasteiger partial charge on any atom is 0.326 e. The van der Waals surface area contributed by atoms with E-state index in [1.165, 1.54) is 0 Å². The van der Waals surface area contributed by atoms with E-state index in [-0.39, 0.29) is 0 Å². The molecule has 0 saturated carbocycles. The van der Waals surface area contributed by atoms with Crippen molar-refractivity contribution >= 4 is 59.1 Å². The van der Waals surface area contributed by atoms with E-state index < -0.39 is 123 Å². The molecule has 0 aromatic heterocycles. The SMILES string of the molecule is NCC(=O)N[C@@H](CC(N)=O)C(=O)N[C@@H](CC(N)=O)C(=O)NCC(=O)NCC(=O)NCC(=O)N[C@@H](CC(N)=O)C(=O)O. The predicted octanol–water partition coefficient (Wildman–Crippen LogP) is -8.54. The molecule has 228 valence electrons. The van der Waals surface area contributed by atoms with Crippen molar-refractivity contribution in [2.24, 2.45) is 22.9 Å². The first-order chi connectivity index (χ1) is 19.0. The van der Waals surface area contributed by atoms with E-state index in [1.54, 1.807) is 0 Å². The third-order valence-electron chi connectivity index (χ3n) is 4.63. The Kier molecular flexibility index (Phi) is 15.7. The van der Waals surface area contributed by atoms with E-state index in [4.69, 9.17) is 28.0 Å². The molecule has 15 N–H and O–H groups in total. The Morgan fingerprint density at radius 2 is 0.902 bits per heavy atom. The van der Waals surface area contributed by atoms with Crippen molar-refractivity contribution in [2.45, 2.75) is 37.4 Å². The fraction of sp³-hybridized carbons (Fsp3) is 0.500. The molecule has 0 aliphatic rings. The van der Waals surface area contributed by atoms with E-state index in [2.05, 4.69) is 26.6 Å². The molecule has 0 aliphatic carbocycles. The molecule has 0 unspecified atom stereocenters. The maximum absolute atomic E-state index is 12.5. The summed E-state index contributed by atoms with van der Waals surface area (Å²) in [5.41, 5.74) is 20.2. The number of nitrogens with two attached hydrogens (primary N) is 4.